The second-order valence-electron chi connectivity index (χ2n) is 5.18. The molecule has 1 aliphatic rings. The van der Waals surface area contributed by atoms with Crippen LogP contribution in [0.4, 0.5) is 10.1 Å². The highest BCUT2D eigenvalue weighted by molar-refractivity contribution is 5.77. The summed E-state index contributed by atoms with van der Waals surface area (Å²) in [6.07, 6.45) is 1.73. The third-order valence-electron chi connectivity index (χ3n) is 3.64. The van der Waals surface area contributed by atoms with Crippen LogP contribution in [0.3, 0.4) is 0 Å². The lowest BCUT2D eigenvalue weighted by Gasteiger charge is -2.34. The molecule has 0 radical (unpaired) electrons. The Hall–Kier alpha value is -1.62. The van der Waals surface area contributed by atoms with Crippen LogP contribution in [-0.2, 0) is 4.79 Å². The molecule has 5 heteroatoms. The number of carbonyl (C=O) groups is 1. The average Bonchev–Trinajstić information content (AvgIpc) is 2.38. The van der Waals surface area contributed by atoms with Gasteiger partial charge in [-0.05, 0) is 43.5 Å². The number of hydrogen-bond acceptors (Lipinski definition) is 3. The first-order valence-electron chi connectivity index (χ1n) is 6.58. The van der Waals surface area contributed by atoms with Crippen LogP contribution in [-0.4, -0.2) is 19.0 Å². The van der Waals surface area contributed by atoms with Gasteiger partial charge in [-0.3, -0.25) is 4.79 Å². The zero-order valence-electron chi connectivity index (χ0n) is 11.1. The average molecular weight is 265 g/mol. The number of piperidine rings is 1. The molecule has 0 aliphatic carbocycles. The Kier molecular flexibility index (Phi) is 4.04. The van der Waals surface area contributed by atoms with Gasteiger partial charge in [0, 0.05) is 24.8 Å². The molecule has 1 aliphatic heterocycles. The molecule has 1 aromatic rings. The van der Waals surface area contributed by atoms with Crippen molar-refractivity contribution in [2.45, 2.75) is 25.8 Å². The SMILES string of the molecule is C[C@@H](N)c1cc(F)ccc1N1CCCC(C(N)=O)C1. The van der Waals surface area contributed by atoms with Gasteiger partial charge in [0.2, 0.25) is 5.91 Å². The van der Waals surface area contributed by atoms with Crippen LogP contribution in [0.5, 0.6) is 0 Å². The normalized spacial score (nSPS) is 21.2. The molecule has 1 aromatic carbocycles. The number of hydrogen-bond donors (Lipinski definition) is 2. The molecular weight excluding hydrogens is 245 g/mol. The van der Waals surface area contributed by atoms with Crippen LogP contribution in [0, 0.1) is 11.7 Å². The van der Waals surface area contributed by atoms with E-state index >= 15 is 0 Å². The Morgan fingerprint density at radius 3 is 2.89 bits per heavy atom. The Morgan fingerprint density at radius 2 is 2.26 bits per heavy atom. The molecular formula is C14H20FN3O. The van der Waals surface area contributed by atoms with E-state index in [1.165, 1.54) is 12.1 Å². The molecule has 1 heterocycles. The summed E-state index contributed by atoms with van der Waals surface area (Å²) in [5, 5.41) is 0. The second kappa shape index (κ2) is 5.57. The minimum absolute atomic E-state index is 0.139. The van der Waals surface area contributed by atoms with Gasteiger partial charge in [-0.15, -0.1) is 0 Å². The van der Waals surface area contributed by atoms with E-state index in [1.54, 1.807) is 6.07 Å². The molecule has 0 spiro atoms. The van der Waals surface area contributed by atoms with E-state index in [1.807, 2.05) is 6.92 Å². The lowest BCUT2D eigenvalue weighted by Crippen LogP contribution is -2.41. The lowest BCUT2D eigenvalue weighted by atomic mass is 9.95. The number of rotatable bonds is 3. The van der Waals surface area contributed by atoms with Crippen LogP contribution < -0.4 is 16.4 Å². The fraction of sp³-hybridized carbons (Fsp3) is 0.500. The largest absolute Gasteiger partial charge is 0.370 e. The van der Waals surface area contributed by atoms with Crippen LogP contribution in [0.1, 0.15) is 31.4 Å². The quantitative estimate of drug-likeness (QED) is 0.871. The molecule has 1 amide bonds. The molecule has 2 atom stereocenters. The van der Waals surface area contributed by atoms with Gasteiger partial charge in [-0.25, -0.2) is 4.39 Å². The number of primary amides is 1. The van der Waals surface area contributed by atoms with Crippen molar-refractivity contribution in [1.29, 1.82) is 0 Å². The molecule has 19 heavy (non-hydrogen) atoms. The second-order valence-corrected chi connectivity index (χ2v) is 5.18. The highest BCUT2D eigenvalue weighted by Gasteiger charge is 2.25. The number of benzene rings is 1. The molecule has 0 saturated carbocycles. The smallest absolute Gasteiger partial charge is 0.222 e. The van der Waals surface area contributed by atoms with E-state index in [-0.39, 0.29) is 23.7 Å². The summed E-state index contributed by atoms with van der Waals surface area (Å²) >= 11 is 0. The predicted octanol–water partition coefficient (Wildman–Crippen LogP) is 1.55. The number of amides is 1. The van der Waals surface area contributed by atoms with E-state index < -0.39 is 0 Å². The number of carbonyl (C=O) groups excluding carboxylic acids is 1. The first kappa shape index (κ1) is 13.8. The number of nitrogens with two attached hydrogens (primary N) is 2. The minimum atomic E-state index is -0.292. The van der Waals surface area contributed by atoms with Crippen LogP contribution >= 0.6 is 0 Å². The van der Waals surface area contributed by atoms with E-state index in [2.05, 4.69) is 4.90 Å². The van der Waals surface area contributed by atoms with Crippen molar-refractivity contribution < 1.29 is 9.18 Å². The highest BCUT2D eigenvalue weighted by atomic mass is 19.1. The standard InChI is InChI=1S/C14H20FN3O/c1-9(16)12-7-11(15)4-5-13(12)18-6-2-3-10(8-18)14(17)19/h4-5,7,9-10H,2-3,6,8,16H2,1H3,(H2,17,19)/t9-,10?/m1/s1. The van der Waals surface area contributed by atoms with Gasteiger partial charge < -0.3 is 16.4 Å². The molecule has 1 saturated heterocycles. The van der Waals surface area contributed by atoms with Gasteiger partial charge in [0.15, 0.2) is 0 Å². The zero-order valence-corrected chi connectivity index (χ0v) is 11.1. The van der Waals surface area contributed by atoms with Gasteiger partial charge in [0.1, 0.15) is 5.82 Å². The van der Waals surface area contributed by atoms with Gasteiger partial charge >= 0.3 is 0 Å². The number of nitrogens with zero attached hydrogens (tertiary/aromatic N) is 1. The van der Waals surface area contributed by atoms with Gasteiger partial charge in [0.25, 0.3) is 0 Å². The van der Waals surface area contributed by atoms with Crippen molar-refractivity contribution in [3.8, 4) is 0 Å². The Bertz CT molecular complexity index is 476. The summed E-state index contributed by atoms with van der Waals surface area (Å²) in [6.45, 7) is 3.25. The maximum atomic E-state index is 13.3. The Balaban J connectivity index is 2.28. The Morgan fingerprint density at radius 1 is 1.53 bits per heavy atom. The summed E-state index contributed by atoms with van der Waals surface area (Å²) in [4.78, 5) is 13.4. The van der Waals surface area contributed by atoms with Crippen molar-refractivity contribution in [2.24, 2.45) is 17.4 Å². The third-order valence-corrected chi connectivity index (χ3v) is 3.64. The summed E-state index contributed by atoms with van der Waals surface area (Å²) in [7, 11) is 0. The number of halogens is 1. The summed E-state index contributed by atoms with van der Waals surface area (Å²) in [5.41, 5.74) is 13.0. The Labute approximate surface area is 112 Å². The van der Waals surface area contributed by atoms with Crippen LogP contribution in [0.25, 0.3) is 0 Å². The van der Waals surface area contributed by atoms with Crippen molar-refractivity contribution in [2.75, 3.05) is 18.0 Å². The molecule has 104 valence electrons. The molecule has 4 N–H and O–H groups in total. The summed E-state index contributed by atoms with van der Waals surface area (Å²) in [6, 6.07) is 4.38. The monoisotopic (exact) mass is 265 g/mol. The molecule has 0 bridgehead atoms. The van der Waals surface area contributed by atoms with Crippen LogP contribution in [0.15, 0.2) is 18.2 Å². The number of anilines is 1. The molecule has 1 unspecified atom stereocenters. The van der Waals surface area contributed by atoms with E-state index in [0.717, 1.165) is 30.6 Å². The fourth-order valence-electron chi connectivity index (χ4n) is 2.61. The molecule has 4 nitrogen and oxygen atoms in total. The molecule has 2 rings (SSSR count). The third kappa shape index (κ3) is 3.04. The summed E-state index contributed by atoms with van der Waals surface area (Å²) < 4.78 is 13.3. The predicted molar refractivity (Wildman–Crippen MR) is 73.1 cm³/mol. The topological polar surface area (TPSA) is 72.3 Å². The van der Waals surface area contributed by atoms with E-state index in [9.17, 15) is 9.18 Å². The van der Waals surface area contributed by atoms with E-state index in [0.29, 0.717) is 6.54 Å². The maximum absolute atomic E-state index is 13.3. The van der Waals surface area contributed by atoms with Crippen LogP contribution in [0.2, 0.25) is 0 Å². The summed E-state index contributed by atoms with van der Waals surface area (Å²) in [5.74, 6) is -0.701. The van der Waals surface area contributed by atoms with Crippen molar-refractivity contribution in [1.82, 2.24) is 0 Å². The molecule has 0 aromatic heterocycles. The van der Waals surface area contributed by atoms with Crippen molar-refractivity contribution in [3.05, 3.63) is 29.6 Å². The van der Waals surface area contributed by atoms with Crippen molar-refractivity contribution in [3.63, 3.8) is 0 Å². The first-order chi connectivity index (χ1) is 8.99. The van der Waals surface area contributed by atoms with E-state index in [4.69, 9.17) is 11.5 Å². The maximum Gasteiger partial charge on any atom is 0.222 e. The fourth-order valence-corrected chi connectivity index (χ4v) is 2.61. The highest BCUT2D eigenvalue weighted by Crippen LogP contribution is 2.29. The minimum Gasteiger partial charge on any atom is -0.370 e. The zero-order chi connectivity index (χ0) is 14.0. The molecule has 1 fully saturated rings. The van der Waals surface area contributed by atoms with Gasteiger partial charge in [0.05, 0.1) is 5.92 Å². The first-order valence-corrected chi connectivity index (χ1v) is 6.58. The van der Waals surface area contributed by atoms with Gasteiger partial charge in [-0.2, -0.15) is 0 Å². The van der Waals surface area contributed by atoms with Gasteiger partial charge in [-0.1, -0.05) is 0 Å². The van der Waals surface area contributed by atoms with Crippen molar-refractivity contribution >= 4 is 11.6 Å². The lowest BCUT2D eigenvalue weighted by molar-refractivity contribution is -0.122.